The Morgan fingerprint density at radius 2 is 2.17 bits per heavy atom. The van der Waals surface area contributed by atoms with E-state index in [1.807, 2.05) is 0 Å². The van der Waals surface area contributed by atoms with Crippen LogP contribution < -0.4 is 0 Å². The molecule has 8 heteroatoms. The van der Waals surface area contributed by atoms with Crippen molar-refractivity contribution in [1.82, 2.24) is 4.98 Å². The van der Waals surface area contributed by atoms with Gasteiger partial charge in [-0.2, -0.15) is 0 Å². The van der Waals surface area contributed by atoms with E-state index in [0.29, 0.717) is 6.29 Å². The molecule has 0 aliphatic rings. The highest BCUT2D eigenvalue weighted by atomic mass is 31.2. The van der Waals surface area contributed by atoms with E-state index in [1.165, 1.54) is 13.1 Å². The van der Waals surface area contributed by atoms with Crippen LogP contribution in [0.15, 0.2) is 6.20 Å². The van der Waals surface area contributed by atoms with Crippen molar-refractivity contribution in [2.24, 2.45) is 0 Å². The van der Waals surface area contributed by atoms with Crippen LogP contribution >= 0.6 is 7.82 Å². The predicted molar refractivity (Wildman–Crippen MR) is 62.3 cm³/mol. The minimum atomic E-state index is -4.14. The number of aldehydes is 1. The number of carbonyl (C=O) groups is 1. The second kappa shape index (κ2) is 6.06. The van der Waals surface area contributed by atoms with Crippen LogP contribution in [0.5, 0.6) is 5.75 Å². The maximum absolute atomic E-state index is 11.3. The number of carbonyl (C=O) groups excluding carboxylic acids is 1. The number of aromatic hydroxyl groups is 1. The van der Waals surface area contributed by atoms with E-state index >= 15 is 0 Å². The Bertz CT molecular complexity index is 490. The second-order valence-corrected chi connectivity index (χ2v) is 4.86. The molecule has 0 aromatic carbocycles. The molecule has 0 aliphatic carbocycles. The van der Waals surface area contributed by atoms with E-state index in [2.05, 4.69) is 14.0 Å². The lowest BCUT2D eigenvalue weighted by atomic mass is 10.1. The summed E-state index contributed by atoms with van der Waals surface area (Å²) in [5, 5.41) is 9.60. The molecule has 1 aromatic heterocycles. The normalized spacial score (nSPS) is 14.2. The first-order valence-electron chi connectivity index (χ1n) is 5.15. The van der Waals surface area contributed by atoms with Crippen LogP contribution in [-0.4, -0.2) is 27.9 Å². The molecule has 0 spiro atoms. The van der Waals surface area contributed by atoms with Gasteiger partial charge in [0, 0.05) is 11.8 Å². The Kier molecular flexibility index (Phi) is 4.98. The van der Waals surface area contributed by atoms with Crippen molar-refractivity contribution in [3.8, 4) is 5.75 Å². The average molecular weight is 275 g/mol. The molecule has 0 amide bonds. The van der Waals surface area contributed by atoms with Crippen molar-refractivity contribution in [1.29, 1.82) is 0 Å². The largest absolute Gasteiger partial charge is 0.505 e. The van der Waals surface area contributed by atoms with Crippen molar-refractivity contribution < 1.29 is 28.4 Å². The lowest BCUT2D eigenvalue weighted by Crippen LogP contribution is -2.01. The zero-order valence-corrected chi connectivity index (χ0v) is 10.9. The molecule has 0 radical (unpaired) electrons. The van der Waals surface area contributed by atoms with Crippen molar-refractivity contribution in [2.75, 3.05) is 6.61 Å². The molecule has 0 bridgehead atoms. The van der Waals surface area contributed by atoms with Gasteiger partial charge in [-0.1, -0.05) is 0 Å². The van der Waals surface area contributed by atoms with Crippen LogP contribution in [0.4, 0.5) is 0 Å². The third-order valence-electron chi connectivity index (χ3n) is 2.15. The Labute approximate surface area is 104 Å². The molecule has 0 fully saturated rings. The van der Waals surface area contributed by atoms with E-state index in [0.717, 1.165) is 0 Å². The number of phosphoric ester groups is 1. The quantitative estimate of drug-likeness (QED) is 0.599. The first-order chi connectivity index (χ1) is 8.41. The summed E-state index contributed by atoms with van der Waals surface area (Å²) >= 11 is 0. The van der Waals surface area contributed by atoms with Crippen molar-refractivity contribution in [3.05, 3.63) is 23.0 Å². The number of aromatic nitrogens is 1. The summed E-state index contributed by atoms with van der Waals surface area (Å²) in [7, 11) is -4.14. The first kappa shape index (κ1) is 14.8. The molecule has 1 atom stereocenters. The van der Waals surface area contributed by atoms with Gasteiger partial charge in [-0.15, -0.1) is 0 Å². The maximum Gasteiger partial charge on any atom is 0.472 e. The van der Waals surface area contributed by atoms with Crippen LogP contribution in [0.25, 0.3) is 0 Å². The Balaban J connectivity index is 2.89. The summed E-state index contributed by atoms with van der Waals surface area (Å²) in [4.78, 5) is 23.9. The molecule has 7 nitrogen and oxygen atoms in total. The highest BCUT2D eigenvalue weighted by molar-refractivity contribution is 7.47. The standard InChI is InChI=1S/C10H14NO6P/c1-3-16-18(14,15)17-6-8-4-11-7(2)10(13)9(8)5-12/h4-5,13H,3,6H2,1-2H3,(H,14,15). The van der Waals surface area contributed by atoms with E-state index in [-0.39, 0.29) is 35.8 Å². The fraction of sp³-hybridized carbons (Fsp3) is 0.400. The molecule has 0 aliphatic heterocycles. The number of hydrogen-bond donors (Lipinski definition) is 2. The average Bonchev–Trinajstić information content (AvgIpc) is 2.30. The van der Waals surface area contributed by atoms with Gasteiger partial charge in [0.2, 0.25) is 0 Å². The molecule has 1 unspecified atom stereocenters. The van der Waals surface area contributed by atoms with Crippen LogP contribution in [0.3, 0.4) is 0 Å². The molecule has 1 aromatic rings. The highest BCUT2D eigenvalue weighted by Crippen LogP contribution is 2.44. The van der Waals surface area contributed by atoms with E-state index < -0.39 is 7.82 Å². The molecule has 1 heterocycles. The summed E-state index contributed by atoms with van der Waals surface area (Å²) in [5.74, 6) is -0.268. The number of rotatable bonds is 6. The number of phosphoric acid groups is 1. The van der Waals surface area contributed by atoms with Crippen molar-refractivity contribution >= 4 is 14.1 Å². The van der Waals surface area contributed by atoms with Gasteiger partial charge in [0.1, 0.15) is 5.75 Å². The third-order valence-corrected chi connectivity index (χ3v) is 3.19. The first-order valence-corrected chi connectivity index (χ1v) is 6.65. The van der Waals surface area contributed by atoms with Crippen molar-refractivity contribution in [2.45, 2.75) is 20.5 Å². The smallest absolute Gasteiger partial charge is 0.472 e. The number of pyridine rings is 1. The van der Waals surface area contributed by atoms with E-state index in [9.17, 15) is 19.4 Å². The fourth-order valence-corrected chi connectivity index (χ4v) is 1.95. The molecular weight excluding hydrogens is 261 g/mol. The van der Waals surface area contributed by atoms with Gasteiger partial charge in [-0.25, -0.2) is 4.57 Å². The summed E-state index contributed by atoms with van der Waals surface area (Å²) in [5.41, 5.74) is 0.485. The molecule has 18 heavy (non-hydrogen) atoms. The van der Waals surface area contributed by atoms with Gasteiger partial charge < -0.3 is 10.00 Å². The highest BCUT2D eigenvalue weighted by Gasteiger charge is 2.21. The van der Waals surface area contributed by atoms with Crippen LogP contribution in [0, 0.1) is 6.92 Å². The number of aryl methyl sites for hydroxylation is 1. The lowest BCUT2D eigenvalue weighted by Gasteiger charge is -2.12. The monoisotopic (exact) mass is 275 g/mol. The molecule has 2 N–H and O–H groups in total. The third kappa shape index (κ3) is 3.61. The zero-order valence-electron chi connectivity index (χ0n) is 9.99. The van der Waals surface area contributed by atoms with Crippen LogP contribution in [-0.2, 0) is 20.2 Å². The lowest BCUT2D eigenvalue weighted by molar-refractivity contribution is 0.111. The predicted octanol–water partition coefficient (Wildman–Crippen LogP) is 1.56. The van der Waals surface area contributed by atoms with Gasteiger partial charge in [0.25, 0.3) is 0 Å². The maximum atomic E-state index is 11.3. The van der Waals surface area contributed by atoms with Gasteiger partial charge in [-0.05, 0) is 13.8 Å². The minimum absolute atomic E-state index is 0.0148. The number of hydrogen-bond acceptors (Lipinski definition) is 6. The van der Waals surface area contributed by atoms with Crippen molar-refractivity contribution in [3.63, 3.8) is 0 Å². The van der Waals surface area contributed by atoms with Gasteiger partial charge in [-0.3, -0.25) is 18.8 Å². The van der Waals surface area contributed by atoms with Gasteiger partial charge >= 0.3 is 7.82 Å². The molecule has 1 rings (SSSR count). The van der Waals surface area contributed by atoms with Gasteiger partial charge in [0.15, 0.2) is 6.29 Å². The van der Waals surface area contributed by atoms with Crippen LogP contribution in [0.1, 0.15) is 28.5 Å². The molecule has 100 valence electrons. The Hall–Kier alpha value is -1.27. The van der Waals surface area contributed by atoms with E-state index in [4.69, 9.17) is 0 Å². The summed E-state index contributed by atoms with van der Waals surface area (Å²) in [6.45, 7) is 2.74. The van der Waals surface area contributed by atoms with E-state index in [1.54, 1.807) is 6.92 Å². The van der Waals surface area contributed by atoms with Gasteiger partial charge in [0.05, 0.1) is 24.5 Å². The molecular formula is C10H14NO6P. The number of nitrogens with zero attached hydrogens (tertiary/aromatic N) is 1. The second-order valence-electron chi connectivity index (χ2n) is 3.41. The summed E-state index contributed by atoms with van der Waals surface area (Å²) in [6, 6.07) is 0. The summed E-state index contributed by atoms with van der Waals surface area (Å²) < 4.78 is 20.4. The zero-order chi connectivity index (χ0) is 13.8. The Morgan fingerprint density at radius 3 is 2.72 bits per heavy atom. The topological polar surface area (TPSA) is 106 Å². The Morgan fingerprint density at radius 1 is 1.50 bits per heavy atom. The SMILES string of the molecule is CCOP(=O)(O)OCc1cnc(C)c(O)c1C=O. The molecule has 0 saturated heterocycles. The molecule has 0 saturated carbocycles. The fourth-order valence-electron chi connectivity index (χ4n) is 1.25. The summed E-state index contributed by atoms with van der Waals surface area (Å²) in [6.07, 6.45) is 1.73. The minimum Gasteiger partial charge on any atom is -0.505 e. The van der Waals surface area contributed by atoms with Crippen LogP contribution in [0.2, 0.25) is 0 Å².